The smallest absolute Gasteiger partial charge is 0.476 e. The second kappa shape index (κ2) is 7.03. The molecule has 30 heavy (non-hydrogen) atoms. The van der Waals surface area contributed by atoms with Gasteiger partial charge in [0.05, 0.1) is 28.4 Å². The van der Waals surface area contributed by atoms with E-state index >= 15 is 0 Å². The van der Waals surface area contributed by atoms with Crippen molar-refractivity contribution in [2.45, 2.75) is 6.36 Å². The minimum absolute atomic E-state index is 0.0111. The molecule has 4 aromatic rings. The highest BCUT2D eigenvalue weighted by Crippen LogP contribution is 2.28. The number of fused-ring (bicyclic) bond motifs is 1. The van der Waals surface area contributed by atoms with Crippen LogP contribution in [0.15, 0.2) is 64.1 Å². The molecule has 2 aromatic carbocycles. The summed E-state index contributed by atoms with van der Waals surface area (Å²) in [6.07, 6.45) is -2.19. The number of carbonyl (C=O) groups is 1. The van der Waals surface area contributed by atoms with Crippen LogP contribution in [0.2, 0.25) is 0 Å². The van der Waals surface area contributed by atoms with Crippen molar-refractivity contribution in [3.63, 3.8) is 0 Å². The van der Waals surface area contributed by atoms with Crippen LogP contribution >= 0.6 is 0 Å². The number of rotatable bonds is 4. The topological polar surface area (TPSA) is 107 Å². The quantitative estimate of drug-likeness (QED) is 0.540. The fourth-order valence-electron chi connectivity index (χ4n) is 2.93. The minimum atomic E-state index is -4.86. The average Bonchev–Trinajstić information content (AvgIpc) is 3.22. The molecule has 0 atom stereocenters. The molecule has 0 radical (unpaired) electrons. The van der Waals surface area contributed by atoms with Gasteiger partial charge in [0, 0.05) is 0 Å². The number of aromatic nitrogens is 3. The Morgan fingerprint density at radius 3 is 2.47 bits per heavy atom. The van der Waals surface area contributed by atoms with Crippen molar-refractivity contribution in [1.29, 1.82) is 0 Å². The first-order valence-electron chi connectivity index (χ1n) is 8.30. The van der Waals surface area contributed by atoms with Gasteiger partial charge in [0.25, 0.3) is 0 Å². The van der Waals surface area contributed by atoms with Gasteiger partial charge in [-0.15, -0.1) is 13.2 Å². The molecule has 0 saturated heterocycles. The van der Waals surface area contributed by atoms with E-state index in [1.807, 2.05) is 0 Å². The maximum absolute atomic E-state index is 12.8. The van der Waals surface area contributed by atoms with Crippen molar-refractivity contribution >= 4 is 16.9 Å². The molecule has 8 nitrogen and oxygen atoms in total. The second-order valence-corrected chi connectivity index (χ2v) is 5.97. The van der Waals surface area contributed by atoms with Gasteiger partial charge in [0.2, 0.25) is 17.0 Å². The summed E-state index contributed by atoms with van der Waals surface area (Å²) in [6, 6.07) is 9.23. The van der Waals surface area contributed by atoms with Crippen molar-refractivity contribution in [3.05, 3.63) is 70.8 Å². The first-order valence-corrected chi connectivity index (χ1v) is 8.30. The lowest BCUT2D eigenvalue weighted by atomic mass is 10.1. The number of benzene rings is 2. The van der Waals surface area contributed by atoms with Crippen LogP contribution in [0.5, 0.6) is 5.75 Å². The van der Waals surface area contributed by atoms with E-state index in [-0.39, 0.29) is 28.0 Å². The number of carboxylic acid groups (broad SMARTS) is 1. The zero-order chi connectivity index (χ0) is 21.5. The molecule has 11 heteroatoms. The molecule has 4 rings (SSSR count). The monoisotopic (exact) mass is 417 g/mol. The average molecular weight is 417 g/mol. The van der Waals surface area contributed by atoms with E-state index in [9.17, 15) is 27.9 Å². The van der Waals surface area contributed by atoms with Crippen LogP contribution < -0.4 is 10.2 Å². The highest BCUT2D eigenvalue weighted by molar-refractivity contribution is 5.97. The number of hydrogen-bond acceptors (Lipinski definition) is 6. The van der Waals surface area contributed by atoms with Gasteiger partial charge in [-0.25, -0.2) is 14.5 Å². The van der Waals surface area contributed by atoms with Crippen LogP contribution in [-0.2, 0) is 0 Å². The highest BCUT2D eigenvalue weighted by atomic mass is 19.4. The molecule has 152 valence electrons. The van der Waals surface area contributed by atoms with Gasteiger partial charge in [0.1, 0.15) is 12.0 Å². The number of nitrogens with zero attached hydrogens (tertiary/aromatic N) is 3. The van der Waals surface area contributed by atoms with Gasteiger partial charge in [-0.3, -0.25) is 4.79 Å². The third-order valence-corrected chi connectivity index (χ3v) is 4.09. The summed E-state index contributed by atoms with van der Waals surface area (Å²) < 4.78 is 47.4. The summed E-state index contributed by atoms with van der Waals surface area (Å²) in [5, 5.41) is 13.3. The number of ether oxygens (including phenoxy) is 1. The van der Waals surface area contributed by atoms with Crippen molar-refractivity contribution < 1.29 is 32.2 Å². The lowest BCUT2D eigenvalue weighted by molar-refractivity contribution is -0.274. The minimum Gasteiger partial charge on any atom is -0.476 e. The fourth-order valence-corrected chi connectivity index (χ4v) is 2.93. The van der Waals surface area contributed by atoms with Gasteiger partial charge in [-0.2, -0.15) is 5.10 Å². The normalized spacial score (nSPS) is 11.6. The predicted molar refractivity (Wildman–Crippen MR) is 96.5 cm³/mol. The summed E-state index contributed by atoms with van der Waals surface area (Å²) in [5.41, 5.74) is -0.943. The summed E-state index contributed by atoms with van der Waals surface area (Å²) in [5.74, 6) is -1.92. The largest absolute Gasteiger partial charge is 0.573 e. The number of halogens is 3. The molecule has 0 unspecified atom stereocenters. The number of aromatic carboxylic acids is 1. The van der Waals surface area contributed by atoms with Crippen molar-refractivity contribution in [3.8, 4) is 22.9 Å². The highest BCUT2D eigenvalue weighted by Gasteiger charge is 2.31. The maximum atomic E-state index is 12.8. The Kier molecular flexibility index (Phi) is 4.49. The number of oxazole rings is 1. The van der Waals surface area contributed by atoms with Crippen molar-refractivity contribution in [1.82, 2.24) is 14.8 Å². The molecule has 0 saturated carbocycles. The van der Waals surface area contributed by atoms with Crippen LogP contribution in [0.3, 0.4) is 0 Å². The zero-order valence-corrected chi connectivity index (χ0v) is 14.8. The molecule has 0 aliphatic heterocycles. The second-order valence-electron chi connectivity index (χ2n) is 5.97. The summed E-state index contributed by atoms with van der Waals surface area (Å²) in [4.78, 5) is 28.4. The Balaban J connectivity index is 1.97. The lowest BCUT2D eigenvalue weighted by Gasteiger charge is -2.13. The Bertz CT molecular complexity index is 1300. The summed E-state index contributed by atoms with van der Waals surface area (Å²) >= 11 is 0. The van der Waals surface area contributed by atoms with Crippen LogP contribution in [0.1, 0.15) is 10.5 Å². The predicted octanol–water partition coefficient (Wildman–Crippen LogP) is 3.64. The summed E-state index contributed by atoms with van der Waals surface area (Å²) in [7, 11) is 0. The van der Waals surface area contributed by atoms with E-state index in [0.29, 0.717) is 0 Å². The molecule has 0 fully saturated rings. The van der Waals surface area contributed by atoms with Crippen LogP contribution in [0.4, 0.5) is 13.2 Å². The molecular formula is C19H10F3N3O5. The Hall–Kier alpha value is -4.15. The van der Waals surface area contributed by atoms with Crippen LogP contribution in [0.25, 0.3) is 28.0 Å². The standard InChI is InChI=1S/C19H10F3N3O5/c20-19(21,22)30-11-6-4-10(5-7-11)25-13-3-1-2-12(17-23-8-9-29-17)14(13)16(26)15(24-25)18(27)28/h1-9H,(H,27,28). The van der Waals surface area contributed by atoms with Gasteiger partial charge in [0.15, 0.2) is 0 Å². The molecule has 0 amide bonds. The van der Waals surface area contributed by atoms with Gasteiger partial charge in [-0.05, 0) is 36.4 Å². The number of hydrogen-bond donors (Lipinski definition) is 1. The van der Waals surface area contributed by atoms with Gasteiger partial charge >= 0.3 is 12.3 Å². The fraction of sp³-hybridized carbons (Fsp3) is 0.0526. The van der Waals surface area contributed by atoms with Crippen molar-refractivity contribution in [2.75, 3.05) is 0 Å². The van der Waals surface area contributed by atoms with Gasteiger partial charge in [-0.1, -0.05) is 6.07 Å². The molecule has 2 heterocycles. The van der Waals surface area contributed by atoms with E-state index in [2.05, 4.69) is 14.8 Å². The van der Waals surface area contributed by atoms with Crippen LogP contribution in [0, 0.1) is 0 Å². The lowest BCUT2D eigenvalue weighted by Crippen LogP contribution is -2.23. The Morgan fingerprint density at radius 2 is 1.87 bits per heavy atom. The van der Waals surface area contributed by atoms with E-state index in [0.717, 1.165) is 16.8 Å². The Labute approximate surface area is 164 Å². The SMILES string of the molecule is O=C(O)c1nn(-c2ccc(OC(F)(F)F)cc2)c2cccc(-c3ncco3)c2c1=O. The first kappa shape index (κ1) is 19.2. The van der Waals surface area contributed by atoms with Crippen molar-refractivity contribution in [2.24, 2.45) is 0 Å². The Morgan fingerprint density at radius 1 is 1.13 bits per heavy atom. The molecular weight excluding hydrogens is 407 g/mol. The van der Waals surface area contributed by atoms with E-state index in [1.165, 1.54) is 36.7 Å². The van der Waals surface area contributed by atoms with E-state index in [4.69, 9.17) is 4.42 Å². The molecule has 0 aliphatic carbocycles. The van der Waals surface area contributed by atoms with E-state index < -0.39 is 29.2 Å². The molecule has 0 spiro atoms. The molecule has 2 aromatic heterocycles. The molecule has 1 N–H and O–H groups in total. The third-order valence-electron chi connectivity index (χ3n) is 4.09. The third kappa shape index (κ3) is 3.48. The maximum Gasteiger partial charge on any atom is 0.573 e. The summed E-state index contributed by atoms with van der Waals surface area (Å²) in [6.45, 7) is 0. The van der Waals surface area contributed by atoms with Crippen LogP contribution in [-0.4, -0.2) is 32.2 Å². The van der Waals surface area contributed by atoms with Gasteiger partial charge < -0.3 is 14.3 Å². The molecule has 0 bridgehead atoms. The number of alkyl halides is 3. The zero-order valence-electron chi connectivity index (χ0n) is 14.8. The number of carboxylic acids is 1. The first-order chi connectivity index (χ1) is 14.2. The molecule has 0 aliphatic rings. The van der Waals surface area contributed by atoms with E-state index in [1.54, 1.807) is 6.07 Å².